The van der Waals surface area contributed by atoms with Gasteiger partial charge in [0.05, 0.1) is 5.52 Å². The van der Waals surface area contributed by atoms with Gasteiger partial charge in [-0.15, -0.1) is 0 Å². The minimum Gasteiger partial charge on any atom is -0.355 e. The fourth-order valence-corrected chi connectivity index (χ4v) is 7.23. The van der Waals surface area contributed by atoms with Crippen LogP contribution in [0.1, 0.15) is 60.4 Å². The van der Waals surface area contributed by atoms with Crippen molar-refractivity contribution in [1.82, 2.24) is 34.9 Å². The number of anilines is 1. The van der Waals surface area contributed by atoms with E-state index < -0.39 is 35.1 Å². The molecule has 1 aromatic carbocycles. The Morgan fingerprint density at radius 2 is 1.88 bits per heavy atom. The summed E-state index contributed by atoms with van der Waals surface area (Å²) in [7, 11) is 0. The molecule has 7 rings (SSSR count). The van der Waals surface area contributed by atoms with Gasteiger partial charge in [0.15, 0.2) is 5.69 Å². The molecule has 2 N–H and O–H groups in total. The minimum atomic E-state index is -4.72. The Morgan fingerprint density at radius 1 is 1.10 bits per heavy atom. The predicted molar refractivity (Wildman–Crippen MR) is 179 cm³/mol. The average molecular weight is 698 g/mol. The number of hydrogen-bond donors (Lipinski definition) is 2. The van der Waals surface area contributed by atoms with E-state index in [2.05, 4.69) is 36.8 Å². The van der Waals surface area contributed by atoms with Gasteiger partial charge >= 0.3 is 6.18 Å². The summed E-state index contributed by atoms with van der Waals surface area (Å²) in [4.78, 5) is 54.7. The van der Waals surface area contributed by atoms with E-state index in [1.807, 2.05) is 24.3 Å². The van der Waals surface area contributed by atoms with Crippen LogP contribution in [0, 0.1) is 30.6 Å². The summed E-state index contributed by atoms with van der Waals surface area (Å²) in [5.74, 6) is -0.899. The Labute approximate surface area is 290 Å². The number of halogens is 3. The SMILES string of the molecule is Cc1ncc(-c2cc3c4c(c2)c(C#N)nn4CC(=O)N2[C@H](C(=O)Nc4nc(C(F)(F)F)ccc4C)C[C@@]4(CNC(=O)CCC/C=C/C3)C[C@@H]24)cn1. The lowest BCUT2D eigenvalue weighted by Crippen LogP contribution is -2.47. The molecule has 3 amide bonds. The van der Waals surface area contributed by atoms with Crippen molar-refractivity contribution in [2.75, 3.05) is 11.9 Å². The Morgan fingerprint density at radius 3 is 2.63 bits per heavy atom. The largest absolute Gasteiger partial charge is 0.433 e. The molecule has 1 saturated carbocycles. The summed E-state index contributed by atoms with van der Waals surface area (Å²) in [6, 6.07) is 6.56. The number of alkyl halides is 3. The lowest BCUT2D eigenvalue weighted by atomic mass is 9.98. The van der Waals surface area contributed by atoms with Gasteiger partial charge in [0, 0.05) is 47.8 Å². The highest BCUT2D eigenvalue weighted by atomic mass is 19.4. The van der Waals surface area contributed by atoms with Crippen LogP contribution in [0.15, 0.2) is 48.8 Å². The van der Waals surface area contributed by atoms with Gasteiger partial charge in [0.2, 0.25) is 17.7 Å². The first-order valence-electron chi connectivity index (χ1n) is 16.7. The number of carbonyl (C=O) groups is 3. The second-order valence-corrected chi connectivity index (χ2v) is 13.5. The monoisotopic (exact) mass is 697 g/mol. The summed E-state index contributed by atoms with van der Waals surface area (Å²) in [5.41, 5.74) is 1.63. The quantitative estimate of drug-likeness (QED) is 0.289. The van der Waals surface area contributed by atoms with Crippen LogP contribution in [0.2, 0.25) is 0 Å². The number of pyridine rings is 1. The normalized spacial score (nSPS) is 22.9. The fraction of sp³-hybridized carbons (Fsp3) is 0.389. The smallest absolute Gasteiger partial charge is 0.355 e. The van der Waals surface area contributed by atoms with Gasteiger partial charge in [0.25, 0.3) is 0 Å². The summed E-state index contributed by atoms with van der Waals surface area (Å²) in [6.45, 7) is 3.26. The van der Waals surface area contributed by atoms with Crippen molar-refractivity contribution in [3.05, 3.63) is 77.2 Å². The number of nitriles is 1. The molecule has 3 atom stereocenters. The minimum absolute atomic E-state index is 0.123. The Kier molecular flexibility index (Phi) is 8.56. The second kappa shape index (κ2) is 12.9. The molecule has 0 unspecified atom stereocenters. The number of nitrogens with one attached hydrogen (secondary N) is 2. The van der Waals surface area contributed by atoms with Crippen LogP contribution in [0.25, 0.3) is 22.0 Å². The zero-order valence-electron chi connectivity index (χ0n) is 27.9. The molecule has 3 aliphatic rings. The first kappa shape index (κ1) is 33.8. The summed E-state index contributed by atoms with van der Waals surface area (Å²) < 4.78 is 41.9. The lowest BCUT2D eigenvalue weighted by molar-refractivity contribution is -0.141. The number of benzene rings is 1. The van der Waals surface area contributed by atoms with Crippen molar-refractivity contribution in [1.29, 1.82) is 5.26 Å². The molecule has 3 aromatic heterocycles. The van der Waals surface area contributed by atoms with Crippen molar-refractivity contribution in [3.8, 4) is 17.2 Å². The highest BCUT2D eigenvalue weighted by Crippen LogP contribution is 2.59. The molecule has 0 spiro atoms. The Hall–Kier alpha value is -5.65. The summed E-state index contributed by atoms with van der Waals surface area (Å²) in [6.07, 6.45) is 5.43. The molecular weight excluding hydrogens is 663 g/mol. The van der Waals surface area contributed by atoms with Gasteiger partial charge in [-0.3, -0.25) is 19.1 Å². The van der Waals surface area contributed by atoms with Crippen LogP contribution in [-0.4, -0.2) is 66.0 Å². The molecule has 2 fully saturated rings. The molecule has 262 valence electrons. The zero-order valence-corrected chi connectivity index (χ0v) is 27.9. The van der Waals surface area contributed by atoms with E-state index in [1.165, 1.54) is 22.6 Å². The molecule has 2 aliphatic heterocycles. The number of carbonyl (C=O) groups excluding carboxylic acids is 3. The number of amides is 3. The Balaban J connectivity index is 1.27. The van der Waals surface area contributed by atoms with Gasteiger partial charge in [-0.1, -0.05) is 18.2 Å². The highest BCUT2D eigenvalue weighted by Gasteiger charge is 2.67. The molecule has 1 saturated heterocycles. The van der Waals surface area contributed by atoms with Crippen LogP contribution < -0.4 is 10.6 Å². The summed E-state index contributed by atoms with van der Waals surface area (Å²) in [5, 5.41) is 20.7. The van der Waals surface area contributed by atoms with Gasteiger partial charge in [-0.05, 0) is 80.8 Å². The molecule has 5 heterocycles. The molecule has 1 aliphatic carbocycles. The fourth-order valence-electron chi connectivity index (χ4n) is 7.23. The van der Waals surface area contributed by atoms with Crippen molar-refractivity contribution in [2.24, 2.45) is 5.41 Å². The van der Waals surface area contributed by atoms with Crippen LogP contribution >= 0.6 is 0 Å². The van der Waals surface area contributed by atoms with E-state index in [-0.39, 0.29) is 43.0 Å². The number of piperidine rings is 1. The maximum atomic E-state index is 14.3. The number of rotatable bonds is 3. The average Bonchev–Trinajstić information content (AvgIpc) is 3.52. The van der Waals surface area contributed by atoms with Gasteiger partial charge in [-0.2, -0.15) is 23.5 Å². The lowest BCUT2D eigenvalue weighted by Gasteiger charge is -2.27. The van der Waals surface area contributed by atoms with E-state index in [1.54, 1.807) is 19.3 Å². The maximum Gasteiger partial charge on any atom is 0.433 e. The topological polar surface area (TPSA) is 159 Å². The standard InChI is InChI=1S/C36H34F3N9O3/c1-20-9-10-28(36(37,38)39)44-33(20)45-34(51)27-13-35-14-29(35)48(27)31(50)18-47-32-22(7-5-3-4-6-8-30(49)43-19-35)11-23(12-25(32)26(15-40)46-47)24-16-41-21(2)42-17-24/h3,5,9-12,16-17,27,29H,4,6-8,13-14,18-19H2,1-2H3,(H,43,49)(H,44,45,51)/b5-3+/t27-,29+,35-/m0/s1. The molecular formula is C36H34F3N9O3. The second-order valence-electron chi connectivity index (χ2n) is 13.5. The highest BCUT2D eigenvalue weighted by molar-refractivity contribution is 5.98. The molecule has 4 aromatic rings. The van der Waals surface area contributed by atoms with E-state index >= 15 is 0 Å². The van der Waals surface area contributed by atoms with Crippen LogP contribution in [0.5, 0.6) is 0 Å². The van der Waals surface area contributed by atoms with Crippen molar-refractivity contribution in [3.63, 3.8) is 0 Å². The van der Waals surface area contributed by atoms with Gasteiger partial charge in [0.1, 0.15) is 36.0 Å². The van der Waals surface area contributed by atoms with Crippen molar-refractivity contribution < 1.29 is 27.6 Å². The molecule has 0 radical (unpaired) electrons. The number of nitrogens with zero attached hydrogens (tertiary/aromatic N) is 7. The first-order valence-corrected chi connectivity index (χ1v) is 16.7. The van der Waals surface area contributed by atoms with Gasteiger partial charge < -0.3 is 15.5 Å². The zero-order chi connectivity index (χ0) is 36.1. The van der Waals surface area contributed by atoms with Crippen molar-refractivity contribution in [2.45, 2.75) is 77.2 Å². The molecule has 51 heavy (non-hydrogen) atoms. The third-order valence-corrected chi connectivity index (χ3v) is 9.98. The predicted octanol–water partition coefficient (Wildman–Crippen LogP) is 4.79. The number of aryl methyl sites for hydroxylation is 2. The third-order valence-electron chi connectivity index (χ3n) is 9.98. The molecule has 12 nitrogen and oxygen atoms in total. The third kappa shape index (κ3) is 6.53. The van der Waals surface area contributed by atoms with Crippen LogP contribution in [-0.2, 0) is 33.5 Å². The van der Waals surface area contributed by atoms with Crippen LogP contribution in [0.4, 0.5) is 19.0 Å². The van der Waals surface area contributed by atoms with Crippen molar-refractivity contribution >= 4 is 34.4 Å². The summed E-state index contributed by atoms with van der Waals surface area (Å²) >= 11 is 0. The van der Waals surface area contributed by atoms with E-state index in [9.17, 15) is 32.8 Å². The molecule has 15 heteroatoms. The van der Waals surface area contributed by atoms with Crippen LogP contribution in [0.3, 0.4) is 0 Å². The maximum absolute atomic E-state index is 14.3. The number of hydrogen-bond acceptors (Lipinski definition) is 8. The number of allylic oxidation sites excluding steroid dienone is 2. The first-order chi connectivity index (χ1) is 24.4. The van der Waals surface area contributed by atoms with E-state index in [0.717, 1.165) is 22.8 Å². The molecule has 2 bridgehead atoms. The number of aromatic nitrogens is 5. The van der Waals surface area contributed by atoms with Gasteiger partial charge in [-0.25, -0.2) is 15.0 Å². The van der Waals surface area contributed by atoms with E-state index in [4.69, 9.17) is 0 Å². The van der Waals surface area contributed by atoms with E-state index in [0.29, 0.717) is 54.4 Å². The Bertz CT molecular complexity index is 2140.